The summed E-state index contributed by atoms with van der Waals surface area (Å²) in [5.74, 6) is 0.141. The second-order valence-corrected chi connectivity index (χ2v) is 9.62. The van der Waals surface area contributed by atoms with Gasteiger partial charge in [0.2, 0.25) is 0 Å². The van der Waals surface area contributed by atoms with Crippen LogP contribution in [0.5, 0.6) is 0 Å². The van der Waals surface area contributed by atoms with Crippen molar-refractivity contribution in [3.8, 4) is 0 Å². The minimum absolute atomic E-state index is 0.0310. The molecule has 0 heterocycles. The van der Waals surface area contributed by atoms with Gasteiger partial charge >= 0.3 is 0 Å². The van der Waals surface area contributed by atoms with E-state index in [0.717, 1.165) is 31.2 Å². The van der Waals surface area contributed by atoms with Crippen molar-refractivity contribution in [3.63, 3.8) is 0 Å². The Morgan fingerprint density at radius 1 is 1.07 bits per heavy atom. The van der Waals surface area contributed by atoms with Crippen LogP contribution < -0.4 is 10.0 Å². The Morgan fingerprint density at radius 3 is 2.37 bits per heavy atom. The predicted octanol–water partition coefficient (Wildman–Crippen LogP) is 3.86. The lowest BCUT2D eigenvalue weighted by Gasteiger charge is -2.30. The Labute approximate surface area is 178 Å². The smallest absolute Gasteiger partial charge is 0.261 e. The van der Waals surface area contributed by atoms with Gasteiger partial charge in [0, 0.05) is 18.2 Å². The van der Waals surface area contributed by atoms with Crippen LogP contribution in [0.4, 0.5) is 5.69 Å². The number of hydrogen-bond acceptors (Lipinski definition) is 4. The first-order valence-electron chi connectivity index (χ1n) is 10.5. The van der Waals surface area contributed by atoms with Crippen LogP contribution >= 0.6 is 0 Å². The highest BCUT2D eigenvalue weighted by molar-refractivity contribution is 7.92. The van der Waals surface area contributed by atoms with Crippen molar-refractivity contribution in [1.82, 2.24) is 5.32 Å². The molecule has 2 aromatic carbocycles. The van der Waals surface area contributed by atoms with Crippen molar-refractivity contribution >= 4 is 21.6 Å². The van der Waals surface area contributed by atoms with Crippen molar-refractivity contribution in [2.24, 2.45) is 5.92 Å². The molecule has 1 fully saturated rings. The van der Waals surface area contributed by atoms with Gasteiger partial charge in [-0.3, -0.25) is 9.52 Å². The van der Waals surface area contributed by atoms with Gasteiger partial charge in [0.25, 0.3) is 15.9 Å². The number of para-hydroxylation sites is 1. The summed E-state index contributed by atoms with van der Waals surface area (Å²) >= 11 is 0. The second-order valence-electron chi connectivity index (χ2n) is 7.94. The van der Waals surface area contributed by atoms with Gasteiger partial charge in [-0.15, -0.1) is 0 Å². The Morgan fingerprint density at radius 2 is 1.73 bits per heavy atom. The van der Waals surface area contributed by atoms with E-state index in [1.807, 2.05) is 19.1 Å². The molecule has 1 amide bonds. The van der Waals surface area contributed by atoms with Crippen LogP contribution in [0.1, 0.15) is 54.4 Å². The largest absolute Gasteiger partial charge is 0.396 e. The third-order valence-corrected chi connectivity index (χ3v) is 7.17. The molecule has 30 heavy (non-hydrogen) atoms. The Hall–Kier alpha value is -2.38. The second kappa shape index (κ2) is 10.1. The van der Waals surface area contributed by atoms with Crippen LogP contribution in [0.15, 0.2) is 53.4 Å². The van der Waals surface area contributed by atoms with Gasteiger partial charge < -0.3 is 10.4 Å². The highest BCUT2D eigenvalue weighted by Crippen LogP contribution is 2.28. The molecule has 1 aliphatic carbocycles. The number of carbonyl (C=O) groups is 1. The molecule has 1 atom stereocenters. The van der Waals surface area contributed by atoms with Gasteiger partial charge in [0.15, 0.2) is 0 Å². The molecule has 6 nitrogen and oxygen atoms in total. The van der Waals surface area contributed by atoms with Crippen LogP contribution in [-0.2, 0) is 10.0 Å². The first kappa shape index (κ1) is 22.3. The Bertz CT molecular complexity index is 951. The SMILES string of the molecule is Cc1ccccc1NS(=O)(=O)c1ccc(C(=O)NC(CCO)C2CCCCC2)cc1. The van der Waals surface area contributed by atoms with E-state index in [0.29, 0.717) is 23.6 Å². The summed E-state index contributed by atoms with van der Waals surface area (Å²) in [4.78, 5) is 12.8. The number of carbonyl (C=O) groups excluding carboxylic acids is 1. The van der Waals surface area contributed by atoms with E-state index in [-0.39, 0.29) is 23.5 Å². The number of aryl methyl sites for hydroxylation is 1. The summed E-state index contributed by atoms with van der Waals surface area (Å²) in [6, 6.07) is 13.0. The standard InChI is InChI=1S/C23H30N2O4S/c1-17-7-5-6-10-21(17)25-30(28,29)20-13-11-19(12-14-20)23(27)24-22(15-16-26)18-8-3-2-4-9-18/h5-7,10-14,18,22,25-26H,2-4,8-9,15-16H2,1H3,(H,24,27). The van der Waals surface area contributed by atoms with Gasteiger partial charge in [-0.25, -0.2) is 8.42 Å². The normalized spacial score (nSPS) is 16.1. The number of hydrogen-bond donors (Lipinski definition) is 3. The van der Waals surface area contributed by atoms with Gasteiger partial charge in [0.05, 0.1) is 10.6 Å². The average molecular weight is 431 g/mol. The Kier molecular flexibility index (Phi) is 7.50. The number of anilines is 1. The molecular weight excluding hydrogens is 400 g/mol. The van der Waals surface area contributed by atoms with E-state index in [1.165, 1.54) is 30.7 Å². The highest BCUT2D eigenvalue weighted by atomic mass is 32.2. The molecular formula is C23H30N2O4S. The van der Waals surface area contributed by atoms with Crippen molar-refractivity contribution in [2.45, 2.75) is 56.4 Å². The maximum atomic E-state index is 12.7. The maximum absolute atomic E-state index is 12.7. The number of aliphatic hydroxyl groups excluding tert-OH is 1. The molecule has 1 saturated carbocycles. The van der Waals surface area contributed by atoms with Crippen LogP contribution in [0, 0.1) is 12.8 Å². The fourth-order valence-corrected chi connectivity index (χ4v) is 5.16. The molecule has 2 aromatic rings. The summed E-state index contributed by atoms with van der Waals surface area (Å²) in [7, 11) is -3.74. The molecule has 162 valence electrons. The van der Waals surface area contributed by atoms with Crippen LogP contribution in [0.2, 0.25) is 0 Å². The number of sulfonamides is 1. The van der Waals surface area contributed by atoms with Crippen LogP contribution in [0.3, 0.4) is 0 Å². The Balaban J connectivity index is 1.69. The zero-order valence-corrected chi connectivity index (χ0v) is 18.1. The maximum Gasteiger partial charge on any atom is 0.261 e. The third kappa shape index (κ3) is 5.61. The quantitative estimate of drug-likeness (QED) is 0.593. The molecule has 3 rings (SSSR count). The first-order chi connectivity index (χ1) is 14.4. The van der Waals surface area contributed by atoms with Gasteiger partial charge in [-0.1, -0.05) is 37.5 Å². The van der Waals surface area contributed by atoms with Crippen LogP contribution in [-0.4, -0.2) is 32.1 Å². The minimum Gasteiger partial charge on any atom is -0.396 e. The summed E-state index contributed by atoms with van der Waals surface area (Å²) in [5.41, 5.74) is 1.76. The molecule has 7 heteroatoms. The zero-order valence-electron chi connectivity index (χ0n) is 17.3. The number of nitrogens with one attached hydrogen (secondary N) is 2. The molecule has 1 unspecified atom stereocenters. The summed E-state index contributed by atoms with van der Waals surface area (Å²) < 4.78 is 27.9. The number of rotatable bonds is 8. The average Bonchev–Trinajstić information content (AvgIpc) is 2.75. The van der Waals surface area contributed by atoms with Gasteiger partial charge in [-0.05, 0) is 68.0 Å². The van der Waals surface area contributed by atoms with E-state index >= 15 is 0 Å². The van der Waals surface area contributed by atoms with Crippen LogP contribution in [0.25, 0.3) is 0 Å². The first-order valence-corrected chi connectivity index (χ1v) is 12.0. The van der Waals surface area contributed by atoms with E-state index in [1.54, 1.807) is 12.1 Å². The van der Waals surface area contributed by atoms with Crippen molar-refractivity contribution < 1.29 is 18.3 Å². The molecule has 3 N–H and O–H groups in total. The zero-order chi connectivity index (χ0) is 21.6. The molecule has 0 aromatic heterocycles. The number of aliphatic hydroxyl groups is 1. The van der Waals surface area contributed by atoms with E-state index in [4.69, 9.17) is 0 Å². The lowest BCUT2D eigenvalue weighted by molar-refractivity contribution is 0.0899. The lowest BCUT2D eigenvalue weighted by Crippen LogP contribution is -2.41. The topological polar surface area (TPSA) is 95.5 Å². The van der Waals surface area contributed by atoms with Gasteiger partial charge in [0.1, 0.15) is 0 Å². The number of benzene rings is 2. The predicted molar refractivity (Wildman–Crippen MR) is 118 cm³/mol. The summed E-state index contributed by atoms with van der Waals surface area (Å²) in [5, 5.41) is 12.4. The minimum atomic E-state index is -3.74. The molecule has 0 bridgehead atoms. The fourth-order valence-electron chi connectivity index (χ4n) is 4.03. The van der Waals surface area contributed by atoms with E-state index in [2.05, 4.69) is 10.0 Å². The summed E-state index contributed by atoms with van der Waals surface area (Å²) in [6.45, 7) is 1.86. The van der Waals surface area contributed by atoms with E-state index in [9.17, 15) is 18.3 Å². The molecule has 0 aliphatic heterocycles. The lowest BCUT2D eigenvalue weighted by atomic mass is 9.82. The summed E-state index contributed by atoms with van der Waals surface area (Å²) in [6.07, 6.45) is 6.19. The van der Waals surface area contributed by atoms with Crippen molar-refractivity contribution in [2.75, 3.05) is 11.3 Å². The monoisotopic (exact) mass is 430 g/mol. The van der Waals surface area contributed by atoms with Crippen molar-refractivity contribution in [3.05, 3.63) is 59.7 Å². The fraction of sp³-hybridized carbons (Fsp3) is 0.435. The van der Waals surface area contributed by atoms with Gasteiger partial charge in [-0.2, -0.15) is 0 Å². The molecule has 0 radical (unpaired) electrons. The molecule has 1 aliphatic rings. The third-order valence-electron chi connectivity index (χ3n) is 5.79. The van der Waals surface area contributed by atoms with Crippen molar-refractivity contribution in [1.29, 1.82) is 0 Å². The molecule has 0 saturated heterocycles. The number of amides is 1. The van der Waals surface area contributed by atoms with E-state index < -0.39 is 10.0 Å². The molecule has 0 spiro atoms. The highest BCUT2D eigenvalue weighted by Gasteiger charge is 2.25.